The number of aromatic nitrogens is 2. The molecule has 0 unspecified atom stereocenters. The highest BCUT2D eigenvalue weighted by Crippen LogP contribution is 2.30. The molecule has 1 aromatic carbocycles. The molecule has 0 atom stereocenters. The second-order valence-corrected chi connectivity index (χ2v) is 9.47. The number of rotatable bonds is 6. The Hall–Kier alpha value is -2.56. The van der Waals surface area contributed by atoms with Gasteiger partial charge in [0.1, 0.15) is 5.56 Å². The van der Waals surface area contributed by atoms with E-state index in [2.05, 4.69) is 15.3 Å². The van der Waals surface area contributed by atoms with Gasteiger partial charge in [-0.1, -0.05) is 11.3 Å². The Morgan fingerprint density at radius 3 is 2.83 bits per heavy atom. The van der Waals surface area contributed by atoms with Gasteiger partial charge in [0, 0.05) is 19.3 Å². The summed E-state index contributed by atoms with van der Waals surface area (Å²) < 4.78 is 33.1. The Morgan fingerprint density at radius 2 is 2.07 bits per heavy atom. The monoisotopic (exact) mass is 432 g/mol. The van der Waals surface area contributed by atoms with Crippen LogP contribution in [0.1, 0.15) is 30.1 Å². The number of thiazole rings is 1. The van der Waals surface area contributed by atoms with Crippen molar-refractivity contribution in [3.8, 4) is 5.88 Å². The summed E-state index contributed by atoms with van der Waals surface area (Å²) in [6.45, 7) is 3.32. The number of pyridine rings is 1. The van der Waals surface area contributed by atoms with Crippen LogP contribution in [0.4, 0.5) is 5.13 Å². The summed E-state index contributed by atoms with van der Waals surface area (Å²) in [7, 11) is -3.50. The number of anilines is 1. The molecule has 152 valence electrons. The van der Waals surface area contributed by atoms with Gasteiger partial charge in [0.05, 0.1) is 21.7 Å². The molecule has 1 amide bonds. The zero-order chi connectivity index (χ0) is 20.4. The number of sulfonamides is 1. The van der Waals surface area contributed by atoms with E-state index in [-0.39, 0.29) is 16.7 Å². The summed E-state index contributed by atoms with van der Waals surface area (Å²) in [5, 5.41) is 3.13. The van der Waals surface area contributed by atoms with E-state index in [9.17, 15) is 13.2 Å². The summed E-state index contributed by atoms with van der Waals surface area (Å²) in [4.78, 5) is 21.3. The second-order valence-electron chi connectivity index (χ2n) is 6.50. The number of hydrogen-bond acceptors (Lipinski definition) is 7. The maximum Gasteiger partial charge on any atom is 0.262 e. The topological polar surface area (TPSA) is 101 Å². The van der Waals surface area contributed by atoms with E-state index in [1.165, 1.54) is 15.6 Å². The quantitative estimate of drug-likeness (QED) is 0.642. The van der Waals surface area contributed by atoms with Crippen molar-refractivity contribution in [2.75, 3.05) is 25.0 Å². The van der Waals surface area contributed by atoms with Crippen LogP contribution in [0.25, 0.3) is 10.2 Å². The molecular formula is C19H20N4O4S2. The molecule has 2 aromatic heterocycles. The number of ether oxygens (including phenoxy) is 1. The smallest absolute Gasteiger partial charge is 0.262 e. The third-order valence-electron chi connectivity index (χ3n) is 4.58. The number of carbonyl (C=O) groups excluding carboxylic acids is 1. The van der Waals surface area contributed by atoms with Gasteiger partial charge in [-0.15, -0.1) is 0 Å². The molecule has 4 rings (SSSR count). The Bertz CT molecular complexity index is 1150. The molecule has 1 N–H and O–H groups in total. The van der Waals surface area contributed by atoms with Crippen molar-refractivity contribution in [2.24, 2.45) is 0 Å². The first kappa shape index (κ1) is 19.7. The summed E-state index contributed by atoms with van der Waals surface area (Å²) in [6, 6.07) is 8.13. The molecular weight excluding hydrogens is 412 g/mol. The number of nitrogens with one attached hydrogen (secondary N) is 1. The van der Waals surface area contributed by atoms with E-state index in [0.717, 1.165) is 12.8 Å². The van der Waals surface area contributed by atoms with Crippen molar-refractivity contribution < 1.29 is 17.9 Å². The summed E-state index contributed by atoms with van der Waals surface area (Å²) in [5.74, 6) is -0.127. The van der Waals surface area contributed by atoms with Crippen molar-refractivity contribution in [1.29, 1.82) is 0 Å². The lowest BCUT2D eigenvalue weighted by atomic mass is 10.2. The van der Waals surface area contributed by atoms with Gasteiger partial charge in [-0.3, -0.25) is 10.1 Å². The minimum atomic E-state index is -3.50. The molecule has 10 heteroatoms. The van der Waals surface area contributed by atoms with Gasteiger partial charge >= 0.3 is 0 Å². The zero-order valence-corrected chi connectivity index (χ0v) is 17.4. The van der Waals surface area contributed by atoms with Gasteiger partial charge in [0.2, 0.25) is 15.9 Å². The number of nitrogens with zero attached hydrogens (tertiary/aromatic N) is 3. The van der Waals surface area contributed by atoms with Gasteiger partial charge in [0.15, 0.2) is 5.13 Å². The number of carbonyl (C=O) groups is 1. The fraction of sp³-hybridized carbons (Fsp3) is 0.316. The third-order valence-corrected chi connectivity index (χ3v) is 7.41. The summed E-state index contributed by atoms with van der Waals surface area (Å²) >= 11 is 1.23. The molecule has 0 spiro atoms. The number of fused-ring (bicyclic) bond motifs is 1. The van der Waals surface area contributed by atoms with Crippen LogP contribution in [0.5, 0.6) is 5.88 Å². The highest BCUT2D eigenvalue weighted by Gasteiger charge is 2.27. The maximum absolute atomic E-state index is 12.8. The normalized spacial score (nSPS) is 14.9. The largest absolute Gasteiger partial charge is 0.477 e. The second kappa shape index (κ2) is 8.05. The van der Waals surface area contributed by atoms with Crippen molar-refractivity contribution in [1.82, 2.24) is 14.3 Å². The summed E-state index contributed by atoms with van der Waals surface area (Å²) in [5.41, 5.74) is 0.938. The van der Waals surface area contributed by atoms with Crippen LogP contribution in [0.3, 0.4) is 0 Å². The van der Waals surface area contributed by atoms with Gasteiger partial charge in [-0.25, -0.2) is 18.4 Å². The average Bonchev–Trinajstić information content (AvgIpc) is 3.38. The van der Waals surface area contributed by atoms with Gasteiger partial charge in [-0.05, 0) is 50.1 Å². The molecule has 0 bridgehead atoms. The SMILES string of the molecule is CCOc1ncccc1C(=O)Nc1nc2ccc(S(=O)(=O)N3CCCC3)cc2s1. The van der Waals surface area contributed by atoms with Crippen molar-refractivity contribution in [3.63, 3.8) is 0 Å². The Labute approximate surface area is 172 Å². The molecule has 0 aliphatic carbocycles. The van der Waals surface area contributed by atoms with E-state index in [1.807, 2.05) is 6.92 Å². The standard InChI is InChI=1S/C19H20N4O4S2/c1-2-27-18-14(6-5-9-20-18)17(24)22-19-21-15-8-7-13(12-16(15)28-19)29(25,26)23-10-3-4-11-23/h5-9,12H,2-4,10-11H2,1H3,(H,21,22,24). The van der Waals surface area contributed by atoms with E-state index < -0.39 is 10.0 Å². The van der Waals surface area contributed by atoms with Gasteiger partial charge in [0.25, 0.3) is 5.91 Å². The zero-order valence-electron chi connectivity index (χ0n) is 15.8. The lowest BCUT2D eigenvalue weighted by Gasteiger charge is -2.15. The Morgan fingerprint density at radius 1 is 1.28 bits per heavy atom. The van der Waals surface area contributed by atoms with E-state index in [1.54, 1.807) is 36.5 Å². The molecule has 1 aliphatic rings. The number of benzene rings is 1. The van der Waals surface area contributed by atoms with E-state index >= 15 is 0 Å². The molecule has 1 aliphatic heterocycles. The van der Waals surface area contributed by atoms with Crippen molar-refractivity contribution >= 4 is 42.6 Å². The van der Waals surface area contributed by atoms with E-state index in [0.29, 0.717) is 40.6 Å². The van der Waals surface area contributed by atoms with E-state index in [4.69, 9.17) is 4.74 Å². The first-order chi connectivity index (χ1) is 14.0. The lowest BCUT2D eigenvalue weighted by molar-refractivity contribution is 0.102. The summed E-state index contributed by atoms with van der Waals surface area (Å²) in [6.07, 6.45) is 3.33. The highest BCUT2D eigenvalue weighted by molar-refractivity contribution is 7.89. The van der Waals surface area contributed by atoms with Crippen LogP contribution in [0, 0.1) is 0 Å². The van der Waals surface area contributed by atoms with Crippen molar-refractivity contribution in [2.45, 2.75) is 24.7 Å². The number of hydrogen-bond donors (Lipinski definition) is 1. The predicted molar refractivity (Wildman–Crippen MR) is 111 cm³/mol. The number of amides is 1. The fourth-order valence-electron chi connectivity index (χ4n) is 3.18. The van der Waals surface area contributed by atoms with Gasteiger partial charge in [-0.2, -0.15) is 4.31 Å². The Kier molecular flexibility index (Phi) is 5.48. The first-order valence-corrected chi connectivity index (χ1v) is 11.5. The van der Waals surface area contributed by atoms with Crippen LogP contribution in [-0.4, -0.2) is 48.3 Å². The predicted octanol–water partition coefficient (Wildman–Crippen LogP) is 3.13. The van der Waals surface area contributed by atoms with Crippen LogP contribution in [0.2, 0.25) is 0 Å². The molecule has 1 fully saturated rings. The van der Waals surface area contributed by atoms with Crippen LogP contribution in [0.15, 0.2) is 41.4 Å². The highest BCUT2D eigenvalue weighted by atomic mass is 32.2. The fourth-order valence-corrected chi connectivity index (χ4v) is 5.69. The first-order valence-electron chi connectivity index (χ1n) is 9.29. The van der Waals surface area contributed by atoms with Gasteiger partial charge < -0.3 is 4.74 Å². The van der Waals surface area contributed by atoms with Crippen LogP contribution in [-0.2, 0) is 10.0 Å². The van der Waals surface area contributed by atoms with Crippen LogP contribution >= 0.6 is 11.3 Å². The molecule has 3 heterocycles. The molecule has 3 aromatic rings. The third kappa shape index (κ3) is 3.96. The Balaban J connectivity index is 1.59. The lowest BCUT2D eigenvalue weighted by Crippen LogP contribution is -2.27. The molecule has 0 saturated carbocycles. The molecule has 29 heavy (non-hydrogen) atoms. The minimum Gasteiger partial charge on any atom is -0.477 e. The van der Waals surface area contributed by atoms with Crippen LogP contribution < -0.4 is 10.1 Å². The maximum atomic E-state index is 12.8. The minimum absolute atomic E-state index is 0.249. The van der Waals surface area contributed by atoms with Crippen molar-refractivity contribution in [3.05, 3.63) is 42.1 Å². The molecule has 8 nitrogen and oxygen atoms in total. The average molecular weight is 433 g/mol. The molecule has 0 radical (unpaired) electrons. The molecule has 1 saturated heterocycles.